The Morgan fingerprint density at radius 1 is 1.48 bits per heavy atom. The number of aryl methyl sites for hydroxylation is 1. The molecule has 0 amide bonds. The summed E-state index contributed by atoms with van der Waals surface area (Å²) >= 11 is 0. The van der Waals surface area contributed by atoms with Crippen molar-refractivity contribution in [2.45, 2.75) is 25.9 Å². The number of aromatic nitrogens is 2. The number of carboxylic acid groups (broad SMARTS) is 1. The van der Waals surface area contributed by atoms with E-state index in [1.807, 2.05) is 23.0 Å². The third-order valence-corrected chi connectivity index (χ3v) is 4.23. The van der Waals surface area contributed by atoms with Gasteiger partial charge < -0.3 is 9.84 Å². The van der Waals surface area contributed by atoms with E-state index in [0.29, 0.717) is 13.2 Å². The van der Waals surface area contributed by atoms with E-state index in [2.05, 4.69) is 29.1 Å². The van der Waals surface area contributed by atoms with Gasteiger partial charge in [-0.1, -0.05) is 6.07 Å². The molecule has 1 aromatic heterocycles. The van der Waals surface area contributed by atoms with Crippen molar-refractivity contribution in [1.82, 2.24) is 14.7 Å². The molecule has 23 heavy (non-hydrogen) atoms. The second-order valence-corrected chi connectivity index (χ2v) is 5.86. The van der Waals surface area contributed by atoms with Gasteiger partial charge in [0.1, 0.15) is 0 Å². The van der Waals surface area contributed by atoms with Crippen molar-refractivity contribution in [3.05, 3.63) is 47.8 Å². The highest BCUT2D eigenvalue weighted by molar-refractivity contribution is 5.67. The zero-order valence-electron chi connectivity index (χ0n) is 13.2. The summed E-state index contributed by atoms with van der Waals surface area (Å²) in [7, 11) is 0. The maximum Gasteiger partial charge on any atom is 0.305 e. The van der Waals surface area contributed by atoms with Crippen molar-refractivity contribution in [2.24, 2.45) is 0 Å². The van der Waals surface area contributed by atoms with E-state index in [1.165, 1.54) is 11.1 Å². The number of carboxylic acids is 1. The smallest absolute Gasteiger partial charge is 0.305 e. The van der Waals surface area contributed by atoms with E-state index >= 15 is 0 Å². The van der Waals surface area contributed by atoms with Crippen LogP contribution in [0.2, 0.25) is 0 Å². The minimum absolute atomic E-state index is 0.0635. The van der Waals surface area contributed by atoms with Crippen LogP contribution in [0.3, 0.4) is 0 Å². The topological polar surface area (TPSA) is 67.6 Å². The van der Waals surface area contributed by atoms with Crippen LogP contribution in [0.4, 0.5) is 0 Å². The first-order valence-corrected chi connectivity index (χ1v) is 7.76. The number of carbonyl (C=O) groups is 1. The lowest BCUT2D eigenvalue weighted by Gasteiger charge is -2.35. The van der Waals surface area contributed by atoms with Gasteiger partial charge in [0, 0.05) is 31.5 Å². The monoisotopic (exact) mass is 315 g/mol. The molecule has 1 aliphatic heterocycles. The molecule has 0 bridgehead atoms. The van der Waals surface area contributed by atoms with Gasteiger partial charge in [0.05, 0.1) is 25.3 Å². The summed E-state index contributed by atoms with van der Waals surface area (Å²) in [6.45, 7) is 4.72. The van der Waals surface area contributed by atoms with Crippen molar-refractivity contribution in [3.8, 4) is 5.69 Å². The normalized spacial score (nSPS) is 18.9. The first-order valence-electron chi connectivity index (χ1n) is 7.76. The molecule has 2 aromatic rings. The Bertz CT molecular complexity index is 670. The number of rotatable bonds is 5. The Labute approximate surface area is 135 Å². The van der Waals surface area contributed by atoms with E-state index in [4.69, 9.17) is 9.84 Å². The molecule has 0 aliphatic carbocycles. The molecule has 122 valence electrons. The number of hydrogen-bond acceptors (Lipinski definition) is 4. The van der Waals surface area contributed by atoms with E-state index in [-0.39, 0.29) is 12.5 Å². The number of hydrogen-bond donors (Lipinski definition) is 1. The van der Waals surface area contributed by atoms with Crippen LogP contribution in [0.25, 0.3) is 5.69 Å². The summed E-state index contributed by atoms with van der Waals surface area (Å²) in [5.41, 5.74) is 3.41. The highest BCUT2D eigenvalue weighted by Crippen LogP contribution is 2.19. The lowest BCUT2D eigenvalue weighted by molar-refractivity contribution is -0.140. The quantitative estimate of drug-likeness (QED) is 0.912. The van der Waals surface area contributed by atoms with Crippen molar-refractivity contribution < 1.29 is 14.6 Å². The molecule has 0 unspecified atom stereocenters. The molecule has 2 heterocycles. The Morgan fingerprint density at radius 3 is 3.04 bits per heavy atom. The fraction of sp³-hybridized carbons (Fsp3) is 0.412. The predicted molar refractivity (Wildman–Crippen MR) is 85.6 cm³/mol. The summed E-state index contributed by atoms with van der Waals surface area (Å²) in [6.07, 6.45) is 3.79. The van der Waals surface area contributed by atoms with Gasteiger partial charge in [-0.25, -0.2) is 4.68 Å². The molecule has 0 radical (unpaired) electrons. The van der Waals surface area contributed by atoms with Crippen LogP contribution in [0.1, 0.15) is 17.5 Å². The Morgan fingerprint density at radius 2 is 2.35 bits per heavy atom. The van der Waals surface area contributed by atoms with E-state index in [9.17, 15) is 4.79 Å². The summed E-state index contributed by atoms with van der Waals surface area (Å²) in [5.74, 6) is -0.781. The lowest BCUT2D eigenvalue weighted by atomic mass is 10.0. The zero-order chi connectivity index (χ0) is 16.2. The fourth-order valence-electron chi connectivity index (χ4n) is 2.93. The highest BCUT2D eigenvalue weighted by atomic mass is 16.5. The molecule has 0 spiro atoms. The Balaban J connectivity index is 1.75. The predicted octanol–water partition coefficient (Wildman–Crippen LogP) is 1.86. The van der Waals surface area contributed by atoms with Crippen molar-refractivity contribution in [1.29, 1.82) is 0 Å². The minimum Gasteiger partial charge on any atom is -0.481 e. The molecular weight excluding hydrogens is 294 g/mol. The van der Waals surface area contributed by atoms with Crippen molar-refractivity contribution in [2.75, 3.05) is 19.8 Å². The fourth-order valence-corrected chi connectivity index (χ4v) is 2.93. The number of benzene rings is 1. The van der Waals surface area contributed by atoms with Gasteiger partial charge in [0.25, 0.3) is 0 Å². The number of morpholine rings is 1. The van der Waals surface area contributed by atoms with Gasteiger partial charge in [0.2, 0.25) is 0 Å². The van der Waals surface area contributed by atoms with Gasteiger partial charge >= 0.3 is 5.97 Å². The molecule has 1 fully saturated rings. The molecule has 6 nitrogen and oxygen atoms in total. The van der Waals surface area contributed by atoms with Gasteiger partial charge in [-0.3, -0.25) is 9.69 Å². The van der Waals surface area contributed by atoms with Crippen LogP contribution in [0.5, 0.6) is 0 Å². The average Bonchev–Trinajstić information content (AvgIpc) is 3.05. The molecule has 3 rings (SSSR count). The third kappa shape index (κ3) is 3.78. The Kier molecular flexibility index (Phi) is 4.73. The molecule has 1 aromatic carbocycles. The van der Waals surface area contributed by atoms with Gasteiger partial charge in [-0.05, 0) is 36.2 Å². The van der Waals surface area contributed by atoms with E-state index in [0.717, 1.165) is 18.8 Å². The summed E-state index contributed by atoms with van der Waals surface area (Å²) in [6, 6.07) is 8.08. The van der Waals surface area contributed by atoms with Gasteiger partial charge in [-0.2, -0.15) is 5.10 Å². The first-order chi connectivity index (χ1) is 11.1. The van der Waals surface area contributed by atoms with Gasteiger partial charge in [0.15, 0.2) is 0 Å². The Hall–Kier alpha value is -2.18. The largest absolute Gasteiger partial charge is 0.481 e. The molecule has 1 atom stereocenters. The zero-order valence-corrected chi connectivity index (χ0v) is 13.2. The highest BCUT2D eigenvalue weighted by Gasteiger charge is 2.25. The minimum atomic E-state index is -0.781. The van der Waals surface area contributed by atoms with Crippen molar-refractivity contribution in [3.63, 3.8) is 0 Å². The third-order valence-electron chi connectivity index (χ3n) is 4.23. The maximum atomic E-state index is 11.0. The van der Waals surface area contributed by atoms with Crippen LogP contribution in [0, 0.1) is 6.92 Å². The molecule has 6 heteroatoms. The van der Waals surface area contributed by atoms with Crippen LogP contribution in [-0.4, -0.2) is 51.6 Å². The molecular formula is C17H21N3O3. The van der Waals surface area contributed by atoms with Crippen LogP contribution in [0.15, 0.2) is 36.7 Å². The average molecular weight is 315 g/mol. The molecule has 1 aliphatic rings. The van der Waals surface area contributed by atoms with E-state index in [1.54, 1.807) is 6.20 Å². The van der Waals surface area contributed by atoms with Crippen LogP contribution < -0.4 is 0 Å². The van der Waals surface area contributed by atoms with E-state index < -0.39 is 5.97 Å². The molecule has 1 N–H and O–H groups in total. The number of ether oxygens (including phenoxy) is 1. The van der Waals surface area contributed by atoms with Crippen LogP contribution in [-0.2, 0) is 16.1 Å². The van der Waals surface area contributed by atoms with Gasteiger partial charge in [-0.15, -0.1) is 0 Å². The molecule has 0 saturated carbocycles. The summed E-state index contributed by atoms with van der Waals surface area (Å²) in [4.78, 5) is 13.2. The SMILES string of the molecule is Cc1cc(-n2cccn2)ccc1CN1CCOC[C@H]1CC(=O)O. The number of aliphatic carboxylic acids is 1. The standard InChI is InChI=1S/C17H21N3O3/c1-13-9-15(20-6-2-5-18-20)4-3-14(13)11-19-7-8-23-12-16(19)10-17(21)22/h2-6,9,16H,7-8,10-12H2,1H3,(H,21,22)/t16-/m1/s1. The van der Waals surface area contributed by atoms with Crippen LogP contribution >= 0.6 is 0 Å². The first kappa shape index (κ1) is 15.7. The summed E-state index contributed by atoms with van der Waals surface area (Å²) in [5, 5.41) is 13.3. The van der Waals surface area contributed by atoms with Crippen molar-refractivity contribution >= 4 is 5.97 Å². The number of nitrogens with zero attached hydrogens (tertiary/aromatic N) is 3. The summed E-state index contributed by atoms with van der Waals surface area (Å²) < 4.78 is 7.26. The maximum absolute atomic E-state index is 11.0. The second-order valence-electron chi connectivity index (χ2n) is 5.86. The lowest BCUT2D eigenvalue weighted by Crippen LogP contribution is -2.46. The second kappa shape index (κ2) is 6.93. The molecule has 1 saturated heterocycles.